The summed E-state index contributed by atoms with van der Waals surface area (Å²) in [6.07, 6.45) is 23.0. The highest BCUT2D eigenvalue weighted by molar-refractivity contribution is 5.85. The fourth-order valence-corrected chi connectivity index (χ4v) is 6.72. The second-order valence-electron chi connectivity index (χ2n) is 16.3. The predicted octanol–water partition coefficient (Wildman–Crippen LogP) is 6.63. The van der Waals surface area contributed by atoms with Crippen LogP contribution < -0.4 is 27.4 Å². The lowest BCUT2D eigenvalue weighted by Gasteiger charge is -2.14. The van der Waals surface area contributed by atoms with Crippen LogP contribution in [-0.2, 0) is 33.6 Å². The van der Waals surface area contributed by atoms with Crippen molar-refractivity contribution in [2.24, 2.45) is 17.4 Å². The third kappa shape index (κ3) is 33.6. The maximum atomic E-state index is 12.4. The summed E-state index contributed by atoms with van der Waals surface area (Å²) >= 11 is 0. The van der Waals surface area contributed by atoms with Crippen molar-refractivity contribution in [1.29, 1.82) is 0 Å². The molecule has 0 unspecified atom stereocenters. The molecule has 0 heterocycles. The number of carbonyl (C=O) groups is 7. The quantitative estimate of drug-likeness (QED) is 0.0322. The van der Waals surface area contributed by atoms with Crippen LogP contribution in [0.5, 0.6) is 0 Å². The van der Waals surface area contributed by atoms with Crippen molar-refractivity contribution in [3.63, 3.8) is 0 Å². The Morgan fingerprint density at radius 2 is 0.879 bits per heavy atom. The first-order valence-electron chi connectivity index (χ1n) is 22.6. The number of nitrogens with two attached hydrogens (primary N) is 2. The largest absolute Gasteiger partial charge is 0.481 e. The zero-order valence-electron chi connectivity index (χ0n) is 36.1. The maximum Gasteiger partial charge on any atom is 0.326 e. The van der Waals surface area contributed by atoms with Crippen molar-refractivity contribution < 1.29 is 43.8 Å². The zero-order valence-corrected chi connectivity index (χ0v) is 36.1. The number of unbranched alkanes of at least 4 members (excludes halogenated alkanes) is 17. The van der Waals surface area contributed by atoms with Gasteiger partial charge in [0.25, 0.3) is 0 Å². The van der Waals surface area contributed by atoms with Crippen LogP contribution in [0.3, 0.4) is 0 Å². The second-order valence-corrected chi connectivity index (χ2v) is 16.3. The molecule has 0 rings (SSSR count). The van der Waals surface area contributed by atoms with E-state index in [2.05, 4.69) is 16.0 Å². The van der Waals surface area contributed by atoms with Crippen molar-refractivity contribution in [1.82, 2.24) is 16.0 Å². The average Bonchev–Trinajstić information content (AvgIpc) is 3.17. The molecular weight excluding hydrogens is 743 g/mol. The van der Waals surface area contributed by atoms with Gasteiger partial charge in [0.05, 0.1) is 12.1 Å². The second kappa shape index (κ2) is 36.7. The molecule has 0 saturated carbocycles. The molecule has 0 aliphatic rings. The van der Waals surface area contributed by atoms with E-state index in [1.165, 1.54) is 44.9 Å². The normalized spacial score (nSPS) is 13.2. The molecule has 0 aromatic rings. The Morgan fingerprint density at radius 1 is 0.483 bits per heavy atom. The van der Waals surface area contributed by atoms with Crippen LogP contribution in [0.25, 0.3) is 0 Å². The Bertz CT molecular complexity index is 1170. The molecule has 0 aliphatic carbocycles. The van der Waals surface area contributed by atoms with Gasteiger partial charge in [0.2, 0.25) is 17.7 Å². The van der Waals surface area contributed by atoms with Crippen molar-refractivity contribution in [2.45, 2.75) is 218 Å². The number of ketones is 2. The molecule has 0 spiro atoms. The van der Waals surface area contributed by atoms with Gasteiger partial charge in [-0.2, -0.15) is 0 Å². The first-order chi connectivity index (χ1) is 27.7. The van der Waals surface area contributed by atoms with E-state index in [9.17, 15) is 38.7 Å². The number of carboxylic acid groups (broad SMARTS) is 2. The van der Waals surface area contributed by atoms with E-state index < -0.39 is 30.1 Å². The topological polar surface area (TPSA) is 248 Å². The molecule has 3 amide bonds. The summed E-state index contributed by atoms with van der Waals surface area (Å²) in [5, 5.41) is 26.5. The van der Waals surface area contributed by atoms with Crippen LogP contribution in [-0.4, -0.2) is 82.7 Å². The van der Waals surface area contributed by atoms with Crippen LogP contribution in [0, 0.1) is 5.92 Å². The van der Waals surface area contributed by atoms with E-state index in [1.807, 2.05) is 6.92 Å². The molecule has 0 radical (unpaired) electrons. The molecule has 0 saturated heterocycles. The smallest absolute Gasteiger partial charge is 0.326 e. The molecule has 9 N–H and O–H groups in total. The fourth-order valence-electron chi connectivity index (χ4n) is 6.72. The predicted molar refractivity (Wildman–Crippen MR) is 228 cm³/mol. The molecule has 58 heavy (non-hydrogen) atoms. The molecule has 14 heteroatoms. The summed E-state index contributed by atoms with van der Waals surface area (Å²) in [5.41, 5.74) is 12.0. The van der Waals surface area contributed by atoms with Gasteiger partial charge in [-0.3, -0.25) is 28.8 Å². The van der Waals surface area contributed by atoms with Gasteiger partial charge < -0.3 is 37.6 Å². The third-order valence-electron chi connectivity index (χ3n) is 10.8. The number of Topliss-reactive ketones (excluding diaryl/α,β-unsaturated/α-hetero) is 2. The van der Waals surface area contributed by atoms with Gasteiger partial charge in [-0.25, -0.2) is 4.79 Å². The number of nitrogens with one attached hydrogen (secondary N) is 3. The number of aliphatic carboxylic acids is 2. The third-order valence-corrected chi connectivity index (χ3v) is 10.8. The minimum absolute atomic E-state index is 0.0416. The highest BCUT2D eigenvalue weighted by Crippen LogP contribution is 2.15. The van der Waals surface area contributed by atoms with E-state index in [-0.39, 0.29) is 60.9 Å². The van der Waals surface area contributed by atoms with Gasteiger partial charge in [-0.15, -0.1) is 0 Å². The van der Waals surface area contributed by atoms with Crippen molar-refractivity contribution in [2.75, 3.05) is 13.1 Å². The van der Waals surface area contributed by atoms with E-state index in [0.717, 1.165) is 57.8 Å². The summed E-state index contributed by atoms with van der Waals surface area (Å²) in [7, 11) is 0. The lowest BCUT2D eigenvalue weighted by atomic mass is 10.0. The van der Waals surface area contributed by atoms with Gasteiger partial charge in [0.15, 0.2) is 0 Å². The molecule has 0 aromatic heterocycles. The van der Waals surface area contributed by atoms with Crippen LogP contribution in [0.4, 0.5) is 0 Å². The highest BCUT2D eigenvalue weighted by atomic mass is 16.4. The maximum absolute atomic E-state index is 12.4. The van der Waals surface area contributed by atoms with E-state index in [0.29, 0.717) is 70.9 Å². The molecule has 0 aliphatic heterocycles. The standard InChI is InChI=1S/C44H81N5O9/c1-34(35(2)50)24-20-22-32-47-43(56)38(46)27-21-23-33-48-42(55)37(45)26-17-15-16-25-36(51)30-31-39(44(57)58)49-40(52)28-18-13-11-9-7-5-3-4-6-8-10-12-14-19-29-41(53)54/h34,37-39H,3-33,45-46H2,1-2H3,(H,47,56)(H,48,55)(H,49,52)(H,53,54)(H,57,58)/t34-,37-,38-,39-/m0/s1. The Balaban J connectivity index is 3.86. The molecule has 0 fully saturated rings. The average molecular weight is 824 g/mol. The molecular formula is C44H81N5O9. The van der Waals surface area contributed by atoms with Crippen LogP contribution in [0.2, 0.25) is 0 Å². The number of carbonyl (C=O) groups excluding carboxylic acids is 5. The van der Waals surface area contributed by atoms with Crippen LogP contribution in [0.1, 0.15) is 200 Å². The van der Waals surface area contributed by atoms with Gasteiger partial charge in [-0.05, 0) is 71.1 Å². The SMILES string of the molecule is CC(=O)[C@@H](C)CCCCNC(=O)[C@@H](N)CCCCNC(=O)[C@@H](N)CCCCCC(=O)CC[C@H](NC(=O)CCCCCCCCCCCCCCCCC(=O)O)C(=O)O. The fraction of sp³-hybridized carbons (Fsp3) is 0.841. The lowest BCUT2D eigenvalue weighted by molar-refractivity contribution is -0.142. The van der Waals surface area contributed by atoms with Gasteiger partial charge in [0.1, 0.15) is 17.6 Å². The Hall–Kier alpha value is -3.39. The molecule has 0 bridgehead atoms. The van der Waals surface area contributed by atoms with E-state index in [1.54, 1.807) is 6.92 Å². The molecule has 4 atom stereocenters. The first-order valence-corrected chi connectivity index (χ1v) is 22.6. The van der Waals surface area contributed by atoms with Gasteiger partial charge in [0, 0.05) is 44.7 Å². The van der Waals surface area contributed by atoms with Gasteiger partial charge in [-0.1, -0.05) is 103 Å². The number of amides is 3. The number of carboxylic acids is 2. The summed E-state index contributed by atoms with van der Waals surface area (Å²) in [6.45, 7) is 4.47. The summed E-state index contributed by atoms with van der Waals surface area (Å²) in [6, 6.07) is -2.36. The summed E-state index contributed by atoms with van der Waals surface area (Å²) in [5.74, 6) is -2.43. The summed E-state index contributed by atoms with van der Waals surface area (Å²) in [4.78, 5) is 82.8. The highest BCUT2D eigenvalue weighted by Gasteiger charge is 2.21. The number of hydrogen-bond donors (Lipinski definition) is 7. The van der Waals surface area contributed by atoms with Crippen LogP contribution in [0.15, 0.2) is 0 Å². The lowest BCUT2D eigenvalue weighted by Crippen LogP contribution is -2.41. The summed E-state index contributed by atoms with van der Waals surface area (Å²) < 4.78 is 0. The molecule has 0 aromatic carbocycles. The Labute approximate surface area is 348 Å². The Morgan fingerprint density at radius 3 is 1.33 bits per heavy atom. The van der Waals surface area contributed by atoms with Crippen molar-refractivity contribution >= 4 is 41.2 Å². The van der Waals surface area contributed by atoms with Crippen molar-refractivity contribution in [3.8, 4) is 0 Å². The van der Waals surface area contributed by atoms with E-state index >= 15 is 0 Å². The minimum atomic E-state index is -1.14. The van der Waals surface area contributed by atoms with Gasteiger partial charge >= 0.3 is 11.9 Å². The monoisotopic (exact) mass is 824 g/mol. The Kier molecular flexibility index (Phi) is 34.5. The minimum Gasteiger partial charge on any atom is -0.481 e. The first kappa shape index (κ1) is 54.6. The number of rotatable bonds is 41. The van der Waals surface area contributed by atoms with Crippen LogP contribution >= 0.6 is 0 Å². The zero-order chi connectivity index (χ0) is 43.4. The number of hydrogen-bond acceptors (Lipinski definition) is 9. The van der Waals surface area contributed by atoms with E-state index in [4.69, 9.17) is 16.6 Å². The molecule has 336 valence electrons. The van der Waals surface area contributed by atoms with Crippen molar-refractivity contribution in [3.05, 3.63) is 0 Å². The molecule has 14 nitrogen and oxygen atoms in total.